The highest BCUT2D eigenvalue weighted by Crippen LogP contribution is 2.19. The van der Waals surface area contributed by atoms with Crippen LogP contribution in [0.25, 0.3) is 0 Å². The summed E-state index contributed by atoms with van der Waals surface area (Å²) in [5.41, 5.74) is 1.15. The Morgan fingerprint density at radius 1 is 0.917 bits per heavy atom. The largest absolute Gasteiger partial charge is 0.349 e. The number of hydrogen-bond acceptors (Lipinski definition) is 4. The monoisotopic (exact) mass is 326 g/mol. The van der Waals surface area contributed by atoms with E-state index in [9.17, 15) is 14.4 Å². The predicted molar refractivity (Wildman–Crippen MR) is 91.7 cm³/mol. The van der Waals surface area contributed by atoms with Gasteiger partial charge in [-0.25, -0.2) is 4.99 Å². The minimum atomic E-state index is -0.189. The maximum absolute atomic E-state index is 12.3. The first-order valence-electron chi connectivity index (χ1n) is 8.69. The molecule has 0 aliphatic heterocycles. The molecule has 0 atom stereocenters. The van der Waals surface area contributed by atoms with Crippen molar-refractivity contribution in [2.45, 2.75) is 57.4 Å². The quantitative estimate of drug-likeness (QED) is 0.927. The first-order chi connectivity index (χ1) is 11.6. The molecule has 0 heterocycles. The Morgan fingerprint density at radius 3 is 2.17 bits per heavy atom. The van der Waals surface area contributed by atoms with Crippen molar-refractivity contribution in [2.75, 3.05) is 0 Å². The lowest BCUT2D eigenvalue weighted by atomic mass is 9.95. The first kappa shape index (κ1) is 16.6. The summed E-state index contributed by atoms with van der Waals surface area (Å²) >= 11 is 0. The van der Waals surface area contributed by atoms with E-state index in [1.807, 2.05) is 0 Å². The molecule has 1 amide bonds. The molecule has 1 N–H and O–H groups in total. The minimum Gasteiger partial charge on any atom is -0.349 e. The van der Waals surface area contributed by atoms with E-state index in [1.165, 1.54) is 19.3 Å². The summed E-state index contributed by atoms with van der Waals surface area (Å²) in [6, 6.07) is 7.00. The fourth-order valence-corrected chi connectivity index (χ4v) is 3.26. The number of benzene rings is 1. The number of hydrogen-bond donors (Lipinski definition) is 1. The lowest BCUT2D eigenvalue weighted by Crippen LogP contribution is -2.36. The third kappa shape index (κ3) is 3.96. The van der Waals surface area contributed by atoms with Crippen LogP contribution in [-0.2, 0) is 9.59 Å². The fourth-order valence-electron chi connectivity index (χ4n) is 3.26. The van der Waals surface area contributed by atoms with Gasteiger partial charge in [-0.1, -0.05) is 19.3 Å². The number of Topliss-reactive ketones (excluding diaryl/α,β-unsaturated/α-hetero) is 2. The van der Waals surface area contributed by atoms with Crippen LogP contribution in [0.4, 0.5) is 5.69 Å². The van der Waals surface area contributed by atoms with E-state index in [0.717, 1.165) is 12.8 Å². The molecule has 2 saturated carbocycles. The van der Waals surface area contributed by atoms with Crippen molar-refractivity contribution < 1.29 is 14.4 Å². The smallest absolute Gasteiger partial charge is 0.251 e. The summed E-state index contributed by atoms with van der Waals surface area (Å²) in [5.74, 6) is -0.457. The van der Waals surface area contributed by atoms with Crippen LogP contribution in [0.1, 0.15) is 61.7 Å². The maximum Gasteiger partial charge on any atom is 0.251 e. The van der Waals surface area contributed by atoms with E-state index in [4.69, 9.17) is 0 Å². The van der Waals surface area contributed by atoms with Crippen LogP contribution in [0, 0.1) is 0 Å². The van der Waals surface area contributed by atoms with Gasteiger partial charge in [0.05, 0.1) is 5.69 Å². The van der Waals surface area contributed by atoms with Crippen LogP contribution in [0.5, 0.6) is 0 Å². The van der Waals surface area contributed by atoms with Crippen LogP contribution in [0.2, 0.25) is 0 Å². The Labute approximate surface area is 141 Å². The highest BCUT2D eigenvalue weighted by Gasteiger charge is 2.24. The number of rotatable bonds is 3. The first-order valence-corrected chi connectivity index (χ1v) is 8.69. The van der Waals surface area contributed by atoms with Gasteiger partial charge in [0.2, 0.25) is 0 Å². The molecule has 0 bridgehead atoms. The maximum atomic E-state index is 12.3. The summed E-state index contributed by atoms with van der Waals surface area (Å²) in [6.45, 7) is 0. The topological polar surface area (TPSA) is 75.6 Å². The van der Waals surface area contributed by atoms with Crippen molar-refractivity contribution in [3.63, 3.8) is 0 Å². The van der Waals surface area contributed by atoms with E-state index < -0.39 is 0 Å². The molecule has 1 aromatic rings. The minimum absolute atomic E-state index is 0.0423. The van der Waals surface area contributed by atoms with E-state index >= 15 is 0 Å². The molecule has 126 valence electrons. The number of aliphatic imine (C=N–C) groups is 1. The van der Waals surface area contributed by atoms with Crippen LogP contribution in [0.15, 0.2) is 29.3 Å². The SMILES string of the molecule is O=C1CCCC(=O)C1=Nc1ccc(C(=O)NC2CCCCC2)cc1. The predicted octanol–water partition coefficient (Wildman–Crippen LogP) is 3.14. The molecule has 2 fully saturated rings. The summed E-state index contributed by atoms with van der Waals surface area (Å²) in [6.07, 6.45) is 7.05. The van der Waals surface area contributed by atoms with Crippen molar-refractivity contribution in [1.82, 2.24) is 5.32 Å². The zero-order valence-electron chi connectivity index (χ0n) is 13.7. The number of carbonyl (C=O) groups excluding carboxylic acids is 3. The summed E-state index contributed by atoms with van der Waals surface area (Å²) in [5, 5.41) is 3.07. The van der Waals surface area contributed by atoms with Gasteiger partial charge in [-0.15, -0.1) is 0 Å². The number of ketones is 2. The number of carbonyl (C=O) groups is 3. The Hall–Kier alpha value is -2.30. The van der Waals surface area contributed by atoms with Crippen LogP contribution in [-0.4, -0.2) is 29.2 Å². The average Bonchev–Trinajstić information content (AvgIpc) is 2.60. The second kappa shape index (κ2) is 7.51. The molecular formula is C19H22N2O3. The second-order valence-corrected chi connectivity index (χ2v) is 6.52. The van der Waals surface area contributed by atoms with Crippen molar-refractivity contribution >= 4 is 28.9 Å². The van der Waals surface area contributed by atoms with Gasteiger partial charge in [0.1, 0.15) is 5.71 Å². The van der Waals surface area contributed by atoms with Gasteiger partial charge < -0.3 is 5.32 Å². The molecule has 2 aliphatic rings. The number of nitrogens with zero attached hydrogens (tertiary/aromatic N) is 1. The van der Waals surface area contributed by atoms with Crippen LogP contribution >= 0.6 is 0 Å². The van der Waals surface area contributed by atoms with Gasteiger partial charge in [-0.2, -0.15) is 0 Å². The van der Waals surface area contributed by atoms with Gasteiger partial charge in [0, 0.05) is 24.4 Å². The summed E-state index contributed by atoms with van der Waals surface area (Å²) < 4.78 is 0. The molecule has 24 heavy (non-hydrogen) atoms. The fraction of sp³-hybridized carbons (Fsp3) is 0.474. The third-order valence-corrected chi connectivity index (χ3v) is 4.65. The Balaban J connectivity index is 1.67. The van der Waals surface area contributed by atoms with Gasteiger partial charge in [0.25, 0.3) is 5.91 Å². The van der Waals surface area contributed by atoms with E-state index in [2.05, 4.69) is 10.3 Å². The summed E-state index contributed by atoms with van der Waals surface area (Å²) in [7, 11) is 0. The molecular weight excluding hydrogens is 304 g/mol. The third-order valence-electron chi connectivity index (χ3n) is 4.65. The molecule has 2 aliphatic carbocycles. The van der Waals surface area contributed by atoms with E-state index in [-0.39, 0.29) is 29.2 Å². The molecule has 0 saturated heterocycles. The Bertz CT molecular complexity index is 652. The summed E-state index contributed by atoms with van der Waals surface area (Å²) in [4.78, 5) is 40.0. The highest BCUT2D eigenvalue weighted by atomic mass is 16.2. The van der Waals surface area contributed by atoms with Gasteiger partial charge in [-0.3, -0.25) is 14.4 Å². The normalized spacial score (nSPS) is 19.2. The van der Waals surface area contributed by atoms with E-state index in [1.54, 1.807) is 24.3 Å². The second-order valence-electron chi connectivity index (χ2n) is 6.52. The van der Waals surface area contributed by atoms with Crippen molar-refractivity contribution in [1.29, 1.82) is 0 Å². The molecule has 1 aromatic carbocycles. The van der Waals surface area contributed by atoms with Gasteiger partial charge in [-0.05, 0) is 43.5 Å². The van der Waals surface area contributed by atoms with Crippen molar-refractivity contribution in [3.8, 4) is 0 Å². The number of amides is 1. The lowest BCUT2D eigenvalue weighted by Gasteiger charge is -2.22. The van der Waals surface area contributed by atoms with Gasteiger partial charge >= 0.3 is 0 Å². The standard InChI is InChI=1S/C19H22N2O3/c22-16-7-4-8-17(23)18(16)20-15-11-9-13(10-12-15)19(24)21-14-5-2-1-3-6-14/h9-12,14H,1-8H2,(H,21,24). The highest BCUT2D eigenvalue weighted by molar-refractivity contribution is 6.67. The molecule has 3 rings (SSSR count). The average molecular weight is 326 g/mol. The van der Waals surface area contributed by atoms with Crippen LogP contribution < -0.4 is 5.32 Å². The van der Waals surface area contributed by atoms with Gasteiger partial charge in [0.15, 0.2) is 11.6 Å². The molecule has 5 heteroatoms. The Morgan fingerprint density at radius 2 is 1.54 bits per heavy atom. The molecule has 5 nitrogen and oxygen atoms in total. The molecule has 0 spiro atoms. The Kier molecular flexibility index (Phi) is 5.18. The number of nitrogens with one attached hydrogen (secondary N) is 1. The molecule has 0 radical (unpaired) electrons. The van der Waals surface area contributed by atoms with E-state index in [0.29, 0.717) is 30.5 Å². The molecule has 0 unspecified atom stereocenters. The van der Waals surface area contributed by atoms with Crippen molar-refractivity contribution in [3.05, 3.63) is 29.8 Å². The molecule has 0 aromatic heterocycles. The zero-order chi connectivity index (χ0) is 16.9. The zero-order valence-corrected chi connectivity index (χ0v) is 13.7. The van der Waals surface area contributed by atoms with Crippen LogP contribution in [0.3, 0.4) is 0 Å². The lowest BCUT2D eigenvalue weighted by molar-refractivity contribution is -0.119. The van der Waals surface area contributed by atoms with Crippen molar-refractivity contribution in [2.24, 2.45) is 4.99 Å².